The Morgan fingerprint density at radius 2 is 1.84 bits per heavy atom. The highest BCUT2D eigenvalue weighted by molar-refractivity contribution is 8.26. The molecule has 5 nitrogen and oxygen atoms in total. The number of hydrogen-bond acceptors (Lipinski definition) is 6. The van der Waals surface area contributed by atoms with Crippen LogP contribution in [-0.4, -0.2) is 41.5 Å². The van der Waals surface area contributed by atoms with Crippen LogP contribution >= 0.6 is 47.2 Å². The number of ether oxygens (including phenoxy) is 3. The molecule has 0 saturated carbocycles. The molecule has 2 aromatic carbocycles. The van der Waals surface area contributed by atoms with Gasteiger partial charge in [-0.1, -0.05) is 65.4 Å². The van der Waals surface area contributed by atoms with Gasteiger partial charge in [0.25, 0.3) is 5.91 Å². The van der Waals surface area contributed by atoms with Crippen LogP contribution in [0.2, 0.25) is 10.0 Å². The average molecular weight is 510 g/mol. The molecular weight excluding hydrogens is 489 g/mol. The van der Waals surface area contributed by atoms with Crippen LogP contribution < -0.4 is 14.2 Å². The molecule has 1 heterocycles. The van der Waals surface area contributed by atoms with Gasteiger partial charge in [0.2, 0.25) is 0 Å². The molecule has 1 saturated heterocycles. The summed E-state index contributed by atoms with van der Waals surface area (Å²) in [6.45, 7) is 6.84. The Balaban J connectivity index is 1.73. The number of para-hydroxylation sites is 1. The molecule has 1 amide bonds. The van der Waals surface area contributed by atoms with Crippen molar-refractivity contribution in [3.8, 4) is 17.2 Å². The van der Waals surface area contributed by atoms with Gasteiger partial charge < -0.3 is 14.2 Å². The Morgan fingerprint density at radius 1 is 1.09 bits per heavy atom. The molecule has 9 heteroatoms. The van der Waals surface area contributed by atoms with E-state index in [1.165, 1.54) is 16.7 Å². The normalized spacial score (nSPS) is 14.7. The van der Waals surface area contributed by atoms with Gasteiger partial charge in [0.1, 0.15) is 23.3 Å². The Kier molecular flexibility index (Phi) is 8.87. The highest BCUT2D eigenvalue weighted by Crippen LogP contribution is 2.39. The lowest BCUT2D eigenvalue weighted by Crippen LogP contribution is -2.27. The second kappa shape index (κ2) is 11.6. The maximum absolute atomic E-state index is 12.6. The second-order valence-electron chi connectivity index (χ2n) is 6.47. The van der Waals surface area contributed by atoms with Crippen LogP contribution in [0.5, 0.6) is 17.2 Å². The molecule has 0 unspecified atom stereocenters. The predicted molar refractivity (Wildman–Crippen MR) is 135 cm³/mol. The number of thiocarbonyl (C=S) groups is 1. The van der Waals surface area contributed by atoms with Crippen molar-refractivity contribution in [2.45, 2.75) is 6.92 Å². The first-order valence-corrected chi connectivity index (χ1v) is 11.7. The summed E-state index contributed by atoms with van der Waals surface area (Å²) in [7, 11) is 0. The molecule has 0 radical (unpaired) electrons. The number of carbonyl (C=O) groups excluding carboxylic acids is 1. The quantitative estimate of drug-likeness (QED) is 0.163. The lowest BCUT2D eigenvalue weighted by atomic mass is 10.1. The standard InChI is InChI=1S/C23H21Cl2NO4S2/c1-3-9-26-22(27)20(32-23(26)31)14-15-12-17(25)21(19(13-15)28-4-2)30-11-10-29-18-8-6-5-7-16(18)24/h3,5-8,12-14H,1,4,9-11H2,2H3/b20-14+. The zero-order valence-electron chi connectivity index (χ0n) is 17.3. The van der Waals surface area contributed by atoms with Gasteiger partial charge in [-0.3, -0.25) is 9.69 Å². The molecule has 1 fully saturated rings. The lowest BCUT2D eigenvalue weighted by molar-refractivity contribution is -0.121. The minimum absolute atomic E-state index is 0.161. The summed E-state index contributed by atoms with van der Waals surface area (Å²) in [6.07, 6.45) is 3.38. The van der Waals surface area contributed by atoms with Crippen molar-refractivity contribution in [1.82, 2.24) is 4.90 Å². The minimum Gasteiger partial charge on any atom is -0.490 e. The number of rotatable bonds is 10. The highest BCUT2D eigenvalue weighted by atomic mass is 35.5. The van der Waals surface area contributed by atoms with Gasteiger partial charge >= 0.3 is 0 Å². The van der Waals surface area contributed by atoms with E-state index in [0.29, 0.717) is 55.2 Å². The maximum atomic E-state index is 12.6. The Bertz CT molecular complexity index is 1060. The first-order valence-electron chi connectivity index (χ1n) is 9.77. The molecule has 0 aromatic heterocycles. The number of nitrogens with zero attached hydrogens (tertiary/aromatic N) is 1. The smallest absolute Gasteiger partial charge is 0.266 e. The van der Waals surface area contributed by atoms with Crippen LogP contribution in [0.1, 0.15) is 12.5 Å². The van der Waals surface area contributed by atoms with Crippen LogP contribution in [0.4, 0.5) is 0 Å². The third kappa shape index (κ3) is 5.98. The molecular formula is C23H21Cl2NO4S2. The zero-order valence-corrected chi connectivity index (χ0v) is 20.5. The molecule has 2 aromatic rings. The molecule has 3 rings (SSSR count). The Hall–Kier alpha value is -2.19. The van der Waals surface area contributed by atoms with E-state index in [1.807, 2.05) is 19.1 Å². The Labute approximate surface area is 206 Å². The van der Waals surface area contributed by atoms with E-state index in [0.717, 1.165) is 0 Å². The summed E-state index contributed by atoms with van der Waals surface area (Å²) in [5, 5.41) is 0.893. The van der Waals surface area contributed by atoms with E-state index >= 15 is 0 Å². The molecule has 0 spiro atoms. The largest absolute Gasteiger partial charge is 0.490 e. The van der Waals surface area contributed by atoms with Crippen molar-refractivity contribution in [1.29, 1.82) is 0 Å². The van der Waals surface area contributed by atoms with E-state index in [2.05, 4.69) is 6.58 Å². The molecule has 32 heavy (non-hydrogen) atoms. The fourth-order valence-corrected chi connectivity index (χ4v) is 4.61. The SMILES string of the molecule is C=CCN1C(=O)/C(=C\c2cc(Cl)c(OCCOc3ccccc3Cl)c(OCC)c2)SC1=S. The summed E-state index contributed by atoms with van der Waals surface area (Å²) in [6, 6.07) is 10.7. The van der Waals surface area contributed by atoms with Gasteiger partial charge in [0.05, 0.1) is 21.6 Å². The zero-order chi connectivity index (χ0) is 23.1. The summed E-state index contributed by atoms with van der Waals surface area (Å²) >= 11 is 19.1. The van der Waals surface area contributed by atoms with Gasteiger partial charge in [0, 0.05) is 6.54 Å². The van der Waals surface area contributed by atoms with E-state index in [4.69, 9.17) is 49.6 Å². The van der Waals surface area contributed by atoms with Gasteiger partial charge in [-0.05, 0) is 42.8 Å². The number of thioether (sulfide) groups is 1. The van der Waals surface area contributed by atoms with Crippen LogP contribution in [0.15, 0.2) is 54.0 Å². The van der Waals surface area contributed by atoms with Crippen molar-refractivity contribution in [2.75, 3.05) is 26.4 Å². The Morgan fingerprint density at radius 3 is 2.56 bits per heavy atom. The molecule has 0 N–H and O–H groups in total. The van der Waals surface area contributed by atoms with Crippen LogP contribution in [-0.2, 0) is 4.79 Å². The van der Waals surface area contributed by atoms with Gasteiger partial charge in [-0.15, -0.1) is 6.58 Å². The lowest BCUT2D eigenvalue weighted by Gasteiger charge is -2.15. The topological polar surface area (TPSA) is 48.0 Å². The van der Waals surface area contributed by atoms with E-state index in [1.54, 1.807) is 36.4 Å². The van der Waals surface area contributed by atoms with Crippen molar-refractivity contribution in [2.24, 2.45) is 0 Å². The van der Waals surface area contributed by atoms with Crippen LogP contribution in [0, 0.1) is 0 Å². The minimum atomic E-state index is -0.161. The summed E-state index contributed by atoms with van der Waals surface area (Å²) in [5.41, 5.74) is 0.706. The van der Waals surface area contributed by atoms with Gasteiger partial charge in [-0.2, -0.15) is 0 Å². The highest BCUT2D eigenvalue weighted by Gasteiger charge is 2.31. The molecule has 1 aliphatic rings. The summed E-state index contributed by atoms with van der Waals surface area (Å²) < 4.78 is 17.7. The van der Waals surface area contributed by atoms with Crippen molar-refractivity contribution >= 4 is 63.5 Å². The van der Waals surface area contributed by atoms with Crippen LogP contribution in [0.3, 0.4) is 0 Å². The number of hydrogen-bond donors (Lipinski definition) is 0. The average Bonchev–Trinajstić information content (AvgIpc) is 3.01. The first-order chi connectivity index (χ1) is 15.4. The first kappa shape index (κ1) is 24.5. The van der Waals surface area contributed by atoms with E-state index in [9.17, 15) is 4.79 Å². The summed E-state index contributed by atoms with van der Waals surface area (Å²) in [5.74, 6) is 1.31. The third-order valence-electron chi connectivity index (χ3n) is 4.24. The monoisotopic (exact) mass is 509 g/mol. The van der Waals surface area contributed by atoms with Crippen LogP contribution in [0.25, 0.3) is 6.08 Å². The third-order valence-corrected chi connectivity index (χ3v) is 6.21. The molecule has 0 bridgehead atoms. The van der Waals surface area contributed by atoms with E-state index in [-0.39, 0.29) is 19.1 Å². The molecule has 0 atom stereocenters. The predicted octanol–water partition coefficient (Wildman–Crippen LogP) is 6.24. The number of benzene rings is 2. The van der Waals surface area contributed by atoms with Crippen molar-refractivity contribution in [3.05, 3.63) is 69.6 Å². The summed E-state index contributed by atoms with van der Waals surface area (Å²) in [4.78, 5) is 14.6. The maximum Gasteiger partial charge on any atom is 0.266 e. The second-order valence-corrected chi connectivity index (χ2v) is 8.96. The van der Waals surface area contributed by atoms with Crippen molar-refractivity contribution in [3.63, 3.8) is 0 Å². The number of carbonyl (C=O) groups is 1. The van der Waals surface area contributed by atoms with E-state index < -0.39 is 0 Å². The molecule has 0 aliphatic carbocycles. The fraction of sp³-hybridized carbons (Fsp3) is 0.217. The van der Waals surface area contributed by atoms with Gasteiger partial charge in [0.15, 0.2) is 11.5 Å². The number of amides is 1. The molecule has 1 aliphatic heterocycles. The van der Waals surface area contributed by atoms with Crippen molar-refractivity contribution < 1.29 is 19.0 Å². The number of halogens is 2. The molecule has 168 valence electrons. The fourth-order valence-electron chi connectivity index (χ4n) is 2.87. The van der Waals surface area contributed by atoms with Gasteiger partial charge in [-0.25, -0.2) is 0 Å².